The number of methoxy groups -OCH3 is 2. The number of fused-ring (bicyclic) bond motifs is 1. The lowest BCUT2D eigenvalue weighted by Gasteiger charge is -2.11. The summed E-state index contributed by atoms with van der Waals surface area (Å²) in [5.74, 6) is 1.11. The summed E-state index contributed by atoms with van der Waals surface area (Å²) in [6.07, 6.45) is 0.629. The summed E-state index contributed by atoms with van der Waals surface area (Å²) in [4.78, 5) is 12.0. The molecule has 0 aliphatic heterocycles. The third kappa shape index (κ3) is 2.53. The Morgan fingerprint density at radius 2 is 1.64 bits per heavy atom. The molecule has 1 aromatic heterocycles. The first-order chi connectivity index (χ1) is 10.7. The van der Waals surface area contributed by atoms with E-state index in [0.29, 0.717) is 23.3 Å². The van der Waals surface area contributed by atoms with Gasteiger partial charge < -0.3 is 9.47 Å². The van der Waals surface area contributed by atoms with Crippen LogP contribution in [0.5, 0.6) is 11.5 Å². The van der Waals surface area contributed by atoms with Gasteiger partial charge in [-0.25, -0.2) is 5.10 Å². The van der Waals surface area contributed by atoms with E-state index in [4.69, 9.17) is 9.47 Å². The van der Waals surface area contributed by atoms with Gasteiger partial charge in [0, 0.05) is 11.8 Å². The summed E-state index contributed by atoms with van der Waals surface area (Å²) in [5.41, 5.74) is 1.67. The maximum Gasteiger partial charge on any atom is 0.272 e. The summed E-state index contributed by atoms with van der Waals surface area (Å²) in [5, 5.41) is 8.06. The molecule has 0 atom stereocenters. The first-order valence-electron chi connectivity index (χ1n) is 6.90. The van der Waals surface area contributed by atoms with Gasteiger partial charge in [0.2, 0.25) is 0 Å². The van der Waals surface area contributed by atoms with E-state index >= 15 is 0 Å². The van der Waals surface area contributed by atoms with Crippen molar-refractivity contribution in [2.75, 3.05) is 14.2 Å². The normalized spacial score (nSPS) is 10.6. The lowest BCUT2D eigenvalue weighted by atomic mass is 10.0. The Morgan fingerprint density at radius 3 is 2.27 bits per heavy atom. The van der Waals surface area contributed by atoms with Gasteiger partial charge in [0.15, 0.2) is 11.5 Å². The Morgan fingerprint density at radius 1 is 1.00 bits per heavy atom. The maximum absolute atomic E-state index is 12.0. The molecular formula is C17H16N2O3. The maximum atomic E-state index is 12.0. The van der Waals surface area contributed by atoms with Crippen LogP contribution in [0.1, 0.15) is 11.3 Å². The average molecular weight is 296 g/mol. The van der Waals surface area contributed by atoms with E-state index in [9.17, 15) is 4.79 Å². The molecule has 0 saturated carbocycles. The molecule has 0 amide bonds. The number of aromatic nitrogens is 2. The Kier molecular flexibility index (Phi) is 3.78. The number of nitrogens with zero attached hydrogens (tertiary/aromatic N) is 1. The number of ether oxygens (including phenoxy) is 2. The Labute approximate surface area is 127 Å². The van der Waals surface area contributed by atoms with Gasteiger partial charge in [-0.1, -0.05) is 30.3 Å². The molecule has 0 bridgehead atoms. The third-order valence-electron chi connectivity index (χ3n) is 3.59. The number of hydrogen-bond acceptors (Lipinski definition) is 4. The van der Waals surface area contributed by atoms with E-state index in [1.807, 2.05) is 30.3 Å². The van der Waals surface area contributed by atoms with E-state index in [1.54, 1.807) is 26.4 Å². The van der Waals surface area contributed by atoms with Gasteiger partial charge in [0.25, 0.3) is 5.56 Å². The molecule has 5 heteroatoms. The summed E-state index contributed by atoms with van der Waals surface area (Å²) in [6.45, 7) is 0. The highest BCUT2D eigenvalue weighted by Crippen LogP contribution is 2.32. The van der Waals surface area contributed by atoms with Gasteiger partial charge in [0.05, 0.1) is 25.3 Å². The number of aromatic amines is 1. The minimum absolute atomic E-state index is 0.243. The quantitative estimate of drug-likeness (QED) is 0.803. The molecule has 3 aromatic rings. The van der Waals surface area contributed by atoms with Gasteiger partial charge in [-0.2, -0.15) is 5.10 Å². The van der Waals surface area contributed by atoms with Crippen molar-refractivity contribution in [3.05, 3.63) is 64.1 Å². The number of H-pyrrole nitrogens is 1. The Balaban J connectivity index is 2.19. The molecule has 3 rings (SSSR count). The second-order valence-electron chi connectivity index (χ2n) is 4.91. The van der Waals surface area contributed by atoms with E-state index in [1.165, 1.54) is 0 Å². The molecule has 0 unspecified atom stereocenters. The van der Waals surface area contributed by atoms with Crippen LogP contribution in [0.25, 0.3) is 10.8 Å². The summed E-state index contributed by atoms with van der Waals surface area (Å²) in [7, 11) is 3.12. The van der Waals surface area contributed by atoms with E-state index < -0.39 is 0 Å². The highest BCUT2D eigenvalue weighted by molar-refractivity contribution is 5.87. The summed E-state index contributed by atoms with van der Waals surface area (Å²) >= 11 is 0. The molecule has 1 N–H and O–H groups in total. The molecule has 22 heavy (non-hydrogen) atoms. The highest BCUT2D eigenvalue weighted by Gasteiger charge is 2.13. The van der Waals surface area contributed by atoms with Crippen molar-refractivity contribution < 1.29 is 9.47 Å². The Bertz CT molecular complexity index is 857. The van der Waals surface area contributed by atoms with Crippen LogP contribution in [-0.4, -0.2) is 24.4 Å². The molecule has 5 nitrogen and oxygen atoms in total. The van der Waals surface area contributed by atoms with Crippen molar-refractivity contribution in [2.45, 2.75) is 6.42 Å². The number of benzene rings is 2. The monoisotopic (exact) mass is 296 g/mol. The van der Waals surface area contributed by atoms with Crippen molar-refractivity contribution in [1.29, 1.82) is 0 Å². The number of rotatable bonds is 4. The van der Waals surface area contributed by atoms with Crippen molar-refractivity contribution in [1.82, 2.24) is 10.2 Å². The topological polar surface area (TPSA) is 64.2 Å². The summed E-state index contributed by atoms with van der Waals surface area (Å²) in [6, 6.07) is 13.5. The molecule has 0 aliphatic rings. The van der Waals surface area contributed by atoms with Crippen LogP contribution in [0.4, 0.5) is 0 Å². The fraction of sp³-hybridized carbons (Fsp3) is 0.176. The summed E-state index contributed by atoms with van der Waals surface area (Å²) < 4.78 is 10.6. The zero-order chi connectivity index (χ0) is 15.5. The predicted octanol–water partition coefficient (Wildman–Crippen LogP) is 2.53. The highest BCUT2D eigenvalue weighted by atomic mass is 16.5. The second kappa shape index (κ2) is 5.89. The van der Waals surface area contributed by atoms with Crippen LogP contribution in [0.2, 0.25) is 0 Å². The van der Waals surface area contributed by atoms with Crippen LogP contribution in [-0.2, 0) is 6.42 Å². The van der Waals surface area contributed by atoms with Crippen molar-refractivity contribution in [3.63, 3.8) is 0 Å². The molecule has 0 radical (unpaired) electrons. The van der Waals surface area contributed by atoms with Gasteiger partial charge in [-0.15, -0.1) is 0 Å². The molecule has 0 aliphatic carbocycles. The van der Waals surface area contributed by atoms with Crippen LogP contribution in [0, 0.1) is 0 Å². The first-order valence-corrected chi connectivity index (χ1v) is 6.90. The standard InChI is InChI=1S/C17H16N2O3/c1-21-15-9-12-13(10-16(15)22-2)17(20)19-18-14(12)8-11-6-4-3-5-7-11/h3-7,9-10H,8H2,1-2H3,(H,19,20). The minimum atomic E-state index is -0.243. The second-order valence-corrected chi connectivity index (χ2v) is 4.91. The zero-order valence-electron chi connectivity index (χ0n) is 12.4. The molecule has 2 aromatic carbocycles. The zero-order valence-corrected chi connectivity index (χ0v) is 12.4. The number of nitrogens with one attached hydrogen (secondary N) is 1. The van der Waals surface area contributed by atoms with Crippen LogP contribution >= 0.6 is 0 Å². The SMILES string of the molecule is COc1cc2c(Cc3ccccc3)n[nH]c(=O)c2cc1OC. The average Bonchev–Trinajstić information content (AvgIpc) is 2.57. The lowest BCUT2D eigenvalue weighted by molar-refractivity contribution is 0.356. The van der Waals surface area contributed by atoms with Crippen LogP contribution in [0.3, 0.4) is 0 Å². The van der Waals surface area contributed by atoms with Crippen molar-refractivity contribution in [2.24, 2.45) is 0 Å². The van der Waals surface area contributed by atoms with Crippen molar-refractivity contribution >= 4 is 10.8 Å². The van der Waals surface area contributed by atoms with Gasteiger partial charge in [-0.3, -0.25) is 4.79 Å². The molecule has 0 fully saturated rings. The molecular weight excluding hydrogens is 280 g/mol. The Hall–Kier alpha value is -2.82. The first kappa shape index (κ1) is 14.1. The largest absolute Gasteiger partial charge is 0.493 e. The third-order valence-corrected chi connectivity index (χ3v) is 3.59. The fourth-order valence-corrected chi connectivity index (χ4v) is 2.47. The molecule has 0 spiro atoms. The van der Waals surface area contributed by atoms with Crippen molar-refractivity contribution in [3.8, 4) is 11.5 Å². The minimum Gasteiger partial charge on any atom is -0.493 e. The number of hydrogen-bond donors (Lipinski definition) is 1. The van der Waals surface area contributed by atoms with Crippen LogP contribution in [0.15, 0.2) is 47.3 Å². The van der Waals surface area contributed by atoms with Gasteiger partial charge in [-0.05, 0) is 17.7 Å². The van der Waals surface area contributed by atoms with Gasteiger partial charge >= 0.3 is 0 Å². The predicted molar refractivity (Wildman–Crippen MR) is 84.7 cm³/mol. The fourth-order valence-electron chi connectivity index (χ4n) is 2.47. The van der Waals surface area contributed by atoms with E-state index in [0.717, 1.165) is 16.6 Å². The molecule has 0 saturated heterocycles. The van der Waals surface area contributed by atoms with E-state index in [-0.39, 0.29) is 5.56 Å². The lowest BCUT2D eigenvalue weighted by Crippen LogP contribution is -2.12. The van der Waals surface area contributed by atoms with Crippen LogP contribution < -0.4 is 15.0 Å². The van der Waals surface area contributed by atoms with Gasteiger partial charge in [0.1, 0.15) is 0 Å². The smallest absolute Gasteiger partial charge is 0.272 e. The molecule has 1 heterocycles. The molecule has 112 valence electrons. The van der Waals surface area contributed by atoms with E-state index in [2.05, 4.69) is 10.2 Å².